The Labute approximate surface area is 179 Å². The van der Waals surface area contributed by atoms with E-state index in [1.54, 1.807) is 7.05 Å². The molecule has 9 heteroatoms. The van der Waals surface area contributed by atoms with Crippen molar-refractivity contribution in [3.63, 3.8) is 0 Å². The van der Waals surface area contributed by atoms with Crippen LogP contribution in [0.15, 0.2) is 12.2 Å². The lowest BCUT2D eigenvalue weighted by atomic mass is 10.0. The van der Waals surface area contributed by atoms with Crippen molar-refractivity contribution in [1.82, 2.24) is 10.6 Å². The predicted octanol–water partition coefficient (Wildman–Crippen LogP) is 1.80. The summed E-state index contributed by atoms with van der Waals surface area (Å²) in [4.78, 5) is 22.8. The molecule has 0 bridgehead atoms. The molecule has 0 saturated heterocycles. The molecule has 1 rings (SSSR count). The highest BCUT2D eigenvalue weighted by Crippen LogP contribution is 2.15. The molecule has 0 saturated carbocycles. The lowest BCUT2D eigenvalue weighted by Crippen LogP contribution is -2.31. The Morgan fingerprint density at radius 3 is 2.10 bits per heavy atom. The van der Waals surface area contributed by atoms with Crippen LogP contribution in [-0.4, -0.2) is 84.6 Å². The highest BCUT2D eigenvalue weighted by atomic mass is 16.6. The molecular weight excluding hydrogens is 392 g/mol. The van der Waals surface area contributed by atoms with Gasteiger partial charge >= 0.3 is 6.09 Å². The van der Waals surface area contributed by atoms with Gasteiger partial charge in [0, 0.05) is 20.0 Å². The van der Waals surface area contributed by atoms with Gasteiger partial charge in [-0.1, -0.05) is 12.2 Å². The van der Waals surface area contributed by atoms with Crippen molar-refractivity contribution in [3.8, 4) is 0 Å². The summed E-state index contributed by atoms with van der Waals surface area (Å²) >= 11 is 0. The lowest BCUT2D eigenvalue weighted by molar-refractivity contribution is -0.121. The SMILES string of the molecule is CNC(=O)CCOCCOCCOCCOCCNC(=O)OC1CC/C=C/CCC1. The molecule has 2 N–H and O–H groups in total. The van der Waals surface area contributed by atoms with Crippen LogP contribution in [0, 0.1) is 0 Å². The molecule has 30 heavy (non-hydrogen) atoms. The predicted molar refractivity (Wildman–Crippen MR) is 112 cm³/mol. The Kier molecular flexibility index (Phi) is 16.9. The van der Waals surface area contributed by atoms with Crippen molar-refractivity contribution in [3.05, 3.63) is 12.2 Å². The molecule has 1 unspecified atom stereocenters. The summed E-state index contributed by atoms with van der Waals surface area (Å²) in [6.45, 7) is 4.00. The number of alkyl carbamates (subject to hydrolysis) is 1. The molecule has 174 valence electrons. The van der Waals surface area contributed by atoms with E-state index < -0.39 is 0 Å². The van der Waals surface area contributed by atoms with Crippen LogP contribution in [0.5, 0.6) is 0 Å². The van der Waals surface area contributed by atoms with Crippen LogP contribution >= 0.6 is 0 Å². The Balaban J connectivity index is 1.79. The summed E-state index contributed by atoms with van der Waals surface area (Å²) in [7, 11) is 1.60. The van der Waals surface area contributed by atoms with E-state index in [-0.39, 0.29) is 18.1 Å². The Morgan fingerprint density at radius 2 is 1.43 bits per heavy atom. The van der Waals surface area contributed by atoms with Crippen LogP contribution in [0.2, 0.25) is 0 Å². The fourth-order valence-corrected chi connectivity index (χ4v) is 2.71. The molecule has 0 aromatic rings. The zero-order valence-electron chi connectivity index (χ0n) is 18.2. The molecule has 1 aliphatic carbocycles. The third kappa shape index (κ3) is 16.2. The van der Waals surface area contributed by atoms with Crippen LogP contribution in [0.3, 0.4) is 0 Å². The average Bonchev–Trinajstić information content (AvgIpc) is 2.72. The minimum atomic E-state index is -0.376. The van der Waals surface area contributed by atoms with E-state index in [4.69, 9.17) is 23.7 Å². The molecule has 2 amide bonds. The van der Waals surface area contributed by atoms with Crippen LogP contribution in [0.25, 0.3) is 0 Å². The molecule has 0 radical (unpaired) electrons. The monoisotopic (exact) mass is 430 g/mol. The quantitative estimate of drug-likeness (QED) is 0.284. The van der Waals surface area contributed by atoms with Crippen LogP contribution in [0.4, 0.5) is 4.79 Å². The van der Waals surface area contributed by atoms with Crippen LogP contribution in [0.1, 0.15) is 38.5 Å². The van der Waals surface area contributed by atoms with Gasteiger partial charge in [-0.05, 0) is 32.1 Å². The van der Waals surface area contributed by atoms with E-state index in [0.29, 0.717) is 65.8 Å². The first kappa shape index (κ1) is 26.4. The molecule has 0 fully saturated rings. The van der Waals surface area contributed by atoms with Gasteiger partial charge in [0.1, 0.15) is 6.10 Å². The number of ether oxygens (including phenoxy) is 5. The first-order chi connectivity index (χ1) is 14.7. The number of carbonyl (C=O) groups excluding carboxylic acids is 2. The second-order valence-electron chi connectivity index (χ2n) is 6.81. The van der Waals surface area contributed by atoms with E-state index in [0.717, 1.165) is 32.1 Å². The van der Waals surface area contributed by atoms with Gasteiger partial charge in [0.2, 0.25) is 5.91 Å². The highest BCUT2D eigenvalue weighted by molar-refractivity contribution is 5.75. The molecular formula is C21H38N2O7. The minimum absolute atomic E-state index is 0.000564. The van der Waals surface area contributed by atoms with Gasteiger partial charge in [0.15, 0.2) is 0 Å². The summed E-state index contributed by atoms with van der Waals surface area (Å²) in [5.74, 6) is -0.0368. The van der Waals surface area contributed by atoms with Gasteiger partial charge < -0.3 is 34.3 Å². The lowest BCUT2D eigenvalue weighted by Gasteiger charge is -2.18. The number of amides is 2. The van der Waals surface area contributed by atoms with E-state index in [1.165, 1.54) is 0 Å². The van der Waals surface area contributed by atoms with Crippen molar-refractivity contribution in [1.29, 1.82) is 0 Å². The highest BCUT2D eigenvalue weighted by Gasteiger charge is 2.14. The summed E-state index contributed by atoms with van der Waals surface area (Å²) < 4.78 is 26.9. The topological polar surface area (TPSA) is 104 Å². The van der Waals surface area contributed by atoms with E-state index in [9.17, 15) is 9.59 Å². The maximum Gasteiger partial charge on any atom is 0.407 e. The van der Waals surface area contributed by atoms with Crippen molar-refractivity contribution >= 4 is 12.0 Å². The number of nitrogens with one attached hydrogen (secondary N) is 2. The third-order valence-electron chi connectivity index (χ3n) is 4.38. The summed E-state index contributed by atoms with van der Waals surface area (Å²) in [5, 5.41) is 5.25. The number of rotatable bonds is 16. The van der Waals surface area contributed by atoms with Crippen molar-refractivity contribution in [2.24, 2.45) is 0 Å². The van der Waals surface area contributed by atoms with Gasteiger partial charge in [-0.25, -0.2) is 4.79 Å². The van der Waals surface area contributed by atoms with E-state index in [2.05, 4.69) is 22.8 Å². The smallest absolute Gasteiger partial charge is 0.407 e. The number of hydrogen-bond acceptors (Lipinski definition) is 7. The molecule has 0 spiro atoms. The van der Waals surface area contributed by atoms with E-state index >= 15 is 0 Å². The Bertz CT molecular complexity index is 474. The molecule has 0 aromatic heterocycles. The maximum absolute atomic E-state index is 11.8. The molecule has 9 nitrogen and oxygen atoms in total. The fourth-order valence-electron chi connectivity index (χ4n) is 2.71. The van der Waals surface area contributed by atoms with Crippen LogP contribution < -0.4 is 10.6 Å². The maximum atomic E-state index is 11.8. The zero-order valence-corrected chi connectivity index (χ0v) is 18.2. The molecule has 0 heterocycles. The first-order valence-electron chi connectivity index (χ1n) is 10.8. The number of carbonyl (C=O) groups is 2. The summed E-state index contributed by atoms with van der Waals surface area (Å²) in [6, 6.07) is 0. The molecule has 1 atom stereocenters. The molecule has 1 aliphatic rings. The largest absolute Gasteiger partial charge is 0.446 e. The van der Waals surface area contributed by atoms with E-state index in [1.807, 2.05) is 0 Å². The minimum Gasteiger partial charge on any atom is -0.446 e. The second-order valence-corrected chi connectivity index (χ2v) is 6.81. The average molecular weight is 431 g/mol. The first-order valence-corrected chi connectivity index (χ1v) is 10.8. The Morgan fingerprint density at radius 1 is 0.833 bits per heavy atom. The van der Waals surface area contributed by atoms with Gasteiger partial charge in [-0.3, -0.25) is 4.79 Å². The van der Waals surface area contributed by atoms with Crippen molar-refractivity contribution in [2.75, 3.05) is 66.4 Å². The van der Waals surface area contributed by atoms with Gasteiger partial charge in [-0.15, -0.1) is 0 Å². The Hall–Kier alpha value is -1.68. The number of hydrogen-bond donors (Lipinski definition) is 2. The molecule has 0 aromatic carbocycles. The summed E-state index contributed by atoms with van der Waals surface area (Å²) in [5.41, 5.74) is 0. The zero-order chi connectivity index (χ0) is 21.7. The fraction of sp³-hybridized carbons (Fsp3) is 0.810. The third-order valence-corrected chi connectivity index (χ3v) is 4.38. The van der Waals surface area contributed by atoms with Gasteiger partial charge in [0.05, 0.1) is 52.9 Å². The standard InChI is InChI=1S/C21H38N2O7/c1-22-20(24)9-11-26-13-15-28-17-18-29-16-14-27-12-10-23-21(25)30-19-7-5-3-2-4-6-8-19/h2-3,19H,4-18H2,1H3,(H,22,24)(H,23,25)/b3-2+. The van der Waals surface area contributed by atoms with Gasteiger partial charge in [-0.2, -0.15) is 0 Å². The van der Waals surface area contributed by atoms with Crippen LogP contribution in [-0.2, 0) is 28.5 Å². The second kappa shape index (κ2) is 19.3. The normalized spacial score (nSPS) is 17.6. The van der Waals surface area contributed by atoms with Gasteiger partial charge in [0.25, 0.3) is 0 Å². The van der Waals surface area contributed by atoms with Crippen molar-refractivity contribution < 1.29 is 33.3 Å². The number of allylic oxidation sites excluding steroid dienone is 2. The summed E-state index contributed by atoms with van der Waals surface area (Å²) in [6.07, 6.45) is 9.19. The molecule has 0 aliphatic heterocycles. The van der Waals surface area contributed by atoms with Crippen molar-refractivity contribution in [2.45, 2.75) is 44.6 Å².